The van der Waals surface area contributed by atoms with E-state index in [1.807, 2.05) is 0 Å². The highest BCUT2D eigenvalue weighted by Gasteiger charge is 2.60. The van der Waals surface area contributed by atoms with E-state index in [0.29, 0.717) is 30.0 Å². The molecule has 24 heavy (non-hydrogen) atoms. The van der Waals surface area contributed by atoms with Gasteiger partial charge in [0.2, 0.25) is 0 Å². The largest absolute Gasteiger partial charge is 0.374 e. The molecule has 1 aromatic rings. The lowest BCUT2D eigenvalue weighted by atomic mass is 9.66. The topological polar surface area (TPSA) is 26.3 Å². The number of hydrogen-bond donors (Lipinski definition) is 0. The van der Waals surface area contributed by atoms with Crippen LogP contribution in [0.2, 0.25) is 13.1 Å². The third kappa shape index (κ3) is 2.28. The van der Waals surface area contributed by atoms with Crippen molar-refractivity contribution in [3.63, 3.8) is 0 Å². The molecule has 3 aliphatic rings. The number of benzene rings is 1. The molecule has 0 N–H and O–H groups in total. The number of carbonyl (C=O) groups is 1. The van der Waals surface area contributed by atoms with Crippen LogP contribution in [0, 0.1) is 17.8 Å². The van der Waals surface area contributed by atoms with Crippen molar-refractivity contribution in [1.82, 2.24) is 0 Å². The minimum atomic E-state index is -1.78. The van der Waals surface area contributed by atoms with Gasteiger partial charge in [-0.25, -0.2) is 0 Å². The molecule has 1 aliphatic heterocycles. The first-order valence-electron chi connectivity index (χ1n) is 9.35. The molecule has 0 radical (unpaired) electrons. The maximum atomic E-state index is 12.4. The molecule has 4 atom stereocenters. The second-order valence-electron chi connectivity index (χ2n) is 8.53. The Hall–Kier alpha value is -1.19. The summed E-state index contributed by atoms with van der Waals surface area (Å²) in [7, 11) is -1.78. The molecule has 1 spiro atoms. The second kappa shape index (κ2) is 5.67. The van der Waals surface area contributed by atoms with Gasteiger partial charge in [-0.2, -0.15) is 0 Å². The monoisotopic (exact) mass is 340 g/mol. The van der Waals surface area contributed by atoms with Crippen LogP contribution in [0.4, 0.5) is 0 Å². The molecular weight excluding hydrogens is 312 g/mol. The number of rotatable bonds is 3. The zero-order valence-electron chi connectivity index (χ0n) is 14.9. The quantitative estimate of drug-likeness (QED) is 0.781. The highest BCUT2D eigenvalue weighted by Crippen LogP contribution is 2.57. The zero-order valence-corrected chi connectivity index (χ0v) is 15.9. The van der Waals surface area contributed by atoms with Crippen molar-refractivity contribution >= 4 is 19.0 Å². The second-order valence-corrected chi connectivity index (χ2v) is 13.0. The Kier molecular flexibility index (Phi) is 3.85. The van der Waals surface area contributed by atoms with Crippen LogP contribution in [0.25, 0.3) is 0 Å². The Bertz CT molecular complexity index is 666. The van der Waals surface area contributed by atoms with E-state index in [4.69, 9.17) is 4.74 Å². The van der Waals surface area contributed by atoms with Crippen LogP contribution in [0.5, 0.6) is 0 Å². The highest BCUT2D eigenvalue weighted by molar-refractivity contribution is 6.95. The van der Waals surface area contributed by atoms with Crippen LogP contribution < -0.4 is 5.19 Å². The maximum absolute atomic E-state index is 12.4. The fraction of sp³-hybridized carbons (Fsp3) is 0.571. The van der Waals surface area contributed by atoms with Crippen molar-refractivity contribution in [2.75, 3.05) is 6.61 Å². The van der Waals surface area contributed by atoms with Crippen molar-refractivity contribution in [2.24, 2.45) is 17.8 Å². The fourth-order valence-corrected chi connectivity index (χ4v) is 8.21. The molecule has 1 aromatic carbocycles. The molecule has 0 aromatic heterocycles. The number of Topliss-reactive ketones (excluding diaryl/α,β-unsaturated/α-hetero) is 1. The molecule has 1 heterocycles. The smallest absolute Gasteiger partial charge is 0.133 e. The number of ketones is 1. The lowest BCUT2D eigenvalue weighted by molar-refractivity contribution is -0.134. The van der Waals surface area contributed by atoms with Gasteiger partial charge in [0.1, 0.15) is 13.9 Å². The molecule has 1 saturated heterocycles. The van der Waals surface area contributed by atoms with Crippen LogP contribution in [0.1, 0.15) is 32.1 Å². The first-order chi connectivity index (χ1) is 11.4. The summed E-state index contributed by atoms with van der Waals surface area (Å²) in [6.07, 6.45) is 4.98. The van der Waals surface area contributed by atoms with E-state index in [2.05, 4.69) is 50.0 Å². The van der Waals surface area contributed by atoms with Crippen molar-refractivity contribution in [1.29, 1.82) is 0 Å². The van der Waals surface area contributed by atoms with Gasteiger partial charge in [-0.15, -0.1) is 6.58 Å². The molecule has 3 fully saturated rings. The Balaban J connectivity index is 1.65. The third-order valence-electron chi connectivity index (χ3n) is 7.12. The number of hydrogen-bond acceptors (Lipinski definition) is 2. The lowest BCUT2D eigenvalue weighted by Crippen LogP contribution is -2.50. The lowest BCUT2D eigenvalue weighted by Gasteiger charge is -2.42. The summed E-state index contributed by atoms with van der Waals surface area (Å²) in [5.74, 6) is 1.64. The molecule has 4 rings (SSSR count). The molecule has 2 aliphatic carbocycles. The molecule has 2 saturated carbocycles. The van der Waals surface area contributed by atoms with E-state index >= 15 is 0 Å². The average Bonchev–Trinajstić information content (AvgIpc) is 3.15. The highest BCUT2D eigenvalue weighted by atomic mass is 28.3. The average molecular weight is 341 g/mol. The van der Waals surface area contributed by atoms with Crippen LogP contribution >= 0.6 is 0 Å². The molecule has 2 nitrogen and oxygen atoms in total. The molecular formula is C21H28O2Si. The van der Waals surface area contributed by atoms with Crippen LogP contribution in [0.15, 0.2) is 42.1 Å². The van der Waals surface area contributed by atoms with Gasteiger partial charge in [0.05, 0.1) is 12.2 Å². The van der Waals surface area contributed by atoms with Gasteiger partial charge in [0.25, 0.3) is 0 Å². The van der Waals surface area contributed by atoms with Crippen molar-refractivity contribution < 1.29 is 9.53 Å². The first-order valence-corrected chi connectivity index (χ1v) is 12.4. The Labute approximate surface area is 146 Å². The van der Waals surface area contributed by atoms with Gasteiger partial charge in [-0.3, -0.25) is 4.79 Å². The van der Waals surface area contributed by atoms with Crippen LogP contribution in [-0.4, -0.2) is 26.1 Å². The van der Waals surface area contributed by atoms with E-state index in [1.165, 1.54) is 23.2 Å². The van der Waals surface area contributed by atoms with E-state index in [-0.39, 0.29) is 5.60 Å². The predicted molar refractivity (Wildman–Crippen MR) is 99.9 cm³/mol. The predicted octanol–water partition coefficient (Wildman–Crippen LogP) is 3.86. The van der Waals surface area contributed by atoms with Crippen molar-refractivity contribution in [2.45, 2.75) is 50.8 Å². The Morgan fingerprint density at radius 1 is 1.25 bits per heavy atom. The summed E-state index contributed by atoms with van der Waals surface area (Å²) in [4.78, 5) is 12.4. The standard InChI is InChI=1S/C21H28O2Si/c1-15(24(2,3)18-9-5-4-6-10-18)19-14-23-21-11-7-8-16(21)12-17(22)13-20(19)21/h4-6,9-10,16,19-20H,1,7-8,11-14H2,2-3H3/t16-,19-,20+,21+/m0/s1. The molecule has 0 unspecified atom stereocenters. The summed E-state index contributed by atoms with van der Waals surface area (Å²) in [6.45, 7) is 10.1. The Morgan fingerprint density at radius 2 is 2.00 bits per heavy atom. The third-order valence-corrected chi connectivity index (χ3v) is 10.9. The minimum absolute atomic E-state index is 0.0112. The van der Waals surface area contributed by atoms with Gasteiger partial charge < -0.3 is 4.74 Å². The van der Waals surface area contributed by atoms with E-state index in [1.54, 1.807) is 0 Å². The summed E-state index contributed by atoms with van der Waals surface area (Å²) in [5, 5.41) is 2.80. The van der Waals surface area contributed by atoms with E-state index in [9.17, 15) is 4.79 Å². The normalized spacial score (nSPS) is 35.6. The summed E-state index contributed by atoms with van der Waals surface area (Å²) in [6, 6.07) is 10.8. The fourth-order valence-electron chi connectivity index (χ4n) is 5.60. The zero-order chi connectivity index (χ0) is 16.9. The maximum Gasteiger partial charge on any atom is 0.133 e. The molecule has 0 bridgehead atoms. The van der Waals surface area contributed by atoms with Crippen LogP contribution in [-0.2, 0) is 9.53 Å². The number of ether oxygens (including phenoxy) is 1. The minimum Gasteiger partial charge on any atom is -0.374 e. The van der Waals surface area contributed by atoms with E-state index < -0.39 is 8.07 Å². The SMILES string of the molecule is C=C([C@@H]1CO[C@]23CCC[C@H]2CC(=O)C[C@H]13)[Si](C)(C)c1ccccc1. The van der Waals surface area contributed by atoms with Gasteiger partial charge in [0.15, 0.2) is 0 Å². The van der Waals surface area contributed by atoms with Gasteiger partial charge in [-0.05, 0) is 18.8 Å². The first kappa shape index (κ1) is 16.3. The Morgan fingerprint density at radius 3 is 2.75 bits per heavy atom. The summed E-state index contributed by atoms with van der Waals surface area (Å²) in [5.41, 5.74) is -0.0112. The van der Waals surface area contributed by atoms with Gasteiger partial charge in [-0.1, -0.05) is 60.2 Å². The van der Waals surface area contributed by atoms with Gasteiger partial charge in [0, 0.05) is 24.7 Å². The molecule has 128 valence electrons. The van der Waals surface area contributed by atoms with Crippen molar-refractivity contribution in [3.8, 4) is 0 Å². The van der Waals surface area contributed by atoms with Crippen molar-refractivity contribution in [3.05, 3.63) is 42.1 Å². The molecule has 0 amide bonds. The van der Waals surface area contributed by atoms with Crippen LogP contribution in [0.3, 0.4) is 0 Å². The summed E-state index contributed by atoms with van der Waals surface area (Å²) < 4.78 is 6.49. The summed E-state index contributed by atoms with van der Waals surface area (Å²) >= 11 is 0. The molecule has 3 heteroatoms. The number of carbonyl (C=O) groups excluding carboxylic acids is 1. The van der Waals surface area contributed by atoms with Gasteiger partial charge >= 0.3 is 0 Å². The van der Waals surface area contributed by atoms with E-state index in [0.717, 1.165) is 19.4 Å².